The molecular formula is C28H38O5. The summed E-state index contributed by atoms with van der Waals surface area (Å²) in [5.41, 5.74) is 0.514. The van der Waals surface area contributed by atoms with Gasteiger partial charge in [-0.25, -0.2) is 0 Å². The average molecular weight is 455 g/mol. The Morgan fingerprint density at radius 1 is 0.667 bits per heavy atom. The lowest BCUT2D eigenvalue weighted by Gasteiger charge is -2.28. The second-order valence-electron chi connectivity index (χ2n) is 8.66. The van der Waals surface area contributed by atoms with Crippen LogP contribution in [0.4, 0.5) is 0 Å². The molecule has 0 radical (unpaired) electrons. The molecule has 2 aromatic carbocycles. The van der Waals surface area contributed by atoms with Crippen molar-refractivity contribution in [2.75, 3.05) is 26.4 Å². The van der Waals surface area contributed by atoms with Crippen LogP contribution in [-0.2, 0) is 34.6 Å². The first-order valence-corrected chi connectivity index (χ1v) is 11.9. The van der Waals surface area contributed by atoms with Crippen molar-refractivity contribution in [3.05, 3.63) is 71.8 Å². The van der Waals surface area contributed by atoms with Gasteiger partial charge in [0.2, 0.25) is 0 Å². The molecule has 0 aliphatic rings. The Bertz CT molecular complexity index is 780. The van der Waals surface area contributed by atoms with Gasteiger partial charge >= 0.3 is 11.9 Å². The molecule has 0 spiro atoms. The normalized spacial score (nSPS) is 14.7. The summed E-state index contributed by atoms with van der Waals surface area (Å²) in [6.45, 7) is 9.33. The fraction of sp³-hybridized carbons (Fsp3) is 0.500. The second-order valence-corrected chi connectivity index (χ2v) is 8.66. The van der Waals surface area contributed by atoms with E-state index in [9.17, 15) is 9.59 Å². The van der Waals surface area contributed by atoms with Crippen molar-refractivity contribution in [2.45, 2.75) is 64.2 Å². The van der Waals surface area contributed by atoms with Gasteiger partial charge in [0, 0.05) is 13.2 Å². The van der Waals surface area contributed by atoms with Crippen LogP contribution in [0.15, 0.2) is 60.7 Å². The third-order valence-electron chi connectivity index (χ3n) is 6.20. The molecule has 0 aliphatic carbocycles. The minimum absolute atomic E-state index is 0.204. The first-order chi connectivity index (χ1) is 15.9. The maximum atomic E-state index is 12.7. The summed E-state index contributed by atoms with van der Waals surface area (Å²) in [7, 11) is 0. The van der Waals surface area contributed by atoms with Crippen LogP contribution in [-0.4, -0.2) is 38.4 Å². The number of rotatable bonds is 14. The molecule has 5 nitrogen and oxygen atoms in total. The summed E-state index contributed by atoms with van der Waals surface area (Å²) in [5, 5.41) is 0. The minimum Gasteiger partial charge on any atom is -0.465 e. The number of hydrogen-bond donors (Lipinski definition) is 0. The highest BCUT2D eigenvalue weighted by molar-refractivity contribution is 5.83. The molecule has 0 aromatic heterocycles. The Morgan fingerprint density at radius 2 is 1.03 bits per heavy atom. The van der Waals surface area contributed by atoms with Crippen LogP contribution >= 0.6 is 0 Å². The van der Waals surface area contributed by atoms with Gasteiger partial charge in [-0.1, -0.05) is 60.7 Å². The summed E-state index contributed by atoms with van der Waals surface area (Å²) in [5.74, 6) is -0.409. The lowest BCUT2D eigenvalue weighted by molar-refractivity contribution is -0.150. The highest BCUT2D eigenvalue weighted by Crippen LogP contribution is 2.32. The van der Waals surface area contributed by atoms with Crippen molar-refractivity contribution < 1.29 is 23.8 Å². The number of ether oxygens (including phenoxy) is 3. The van der Waals surface area contributed by atoms with Crippen LogP contribution in [0.1, 0.15) is 64.5 Å². The summed E-state index contributed by atoms with van der Waals surface area (Å²) in [6, 6.07) is 19.5. The molecule has 0 fully saturated rings. The van der Waals surface area contributed by atoms with Crippen molar-refractivity contribution in [3.8, 4) is 0 Å². The van der Waals surface area contributed by atoms with Crippen molar-refractivity contribution in [3.63, 3.8) is 0 Å². The molecule has 2 unspecified atom stereocenters. The number of esters is 2. The Labute approximate surface area is 198 Å². The van der Waals surface area contributed by atoms with Gasteiger partial charge in [0.1, 0.15) is 0 Å². The predicted molar refractivity (Wildman–Crippen MR) is 130 cm³/mol. The van der Waals surface area contributed by atoms with E-state index in [1.165, 1.54) is 0 Å². The number of benzene rings is 2. The maximum absolute atomic E-state index is 12.7. The Kier molecular flexibility index (Phi) is 10.6. The number of carbonyl (C=O) groups is 2. The second kappa shape index (κ2) is 13.1. The minimum atomic E-state index is -0.698. The van der Waals surface area contributed by atoms with Crippen LogP contribution in [0.3, 0.4) is 0 Å². The van der Waals surface area contributed by atoms with Crippen molar-refractivity contribution in [1.29, 1.82) is 0 Å². The molecule has 0 N–H and O–H groups in total. The standard InChI is InChI=1S/C28H38O5/c1-5-32-25(29)27(3,23-15-9-7-10-16-23)19-13-21-31-22-14-20-28(4,26(30)33-6-2)24-17-11-8-12-18-24/h7-12,15-18H,5-6,13-14,19-22H2,1-4H3. The van der Waals surface area contributed by atoms with E-state index in [1.54, 1.807) is 0 Å². The molecule has 2 aromatic rings. The maximum Gasteiger partial charge on any atom is 0.316 e. The first kappa shape index (κ1) is 26.6. The van der Waals surface area contributed by atoms with E-state index in [2.05, 4.69) is 0 Å². The van der Waals surface area contributed by atoms with Crippen LogP contribution in [0.25, 0.3) is 0 Å². The average Bonchev–Trinajstić information content (AvgIpc) is 2.84. The molecule has 2 atom stereocenters. The molecule has 180 valence electrons. The van der Waals surface area contributed by atoms with E-state index < -0.39 is 10.8 Å². The van der Waals surface area contributed by atoms with Crippen molar-refractivity contribution in [2.24, 2.45) is 0 Å². The highest BCUT2D eigenvalue weighted by atomic mass is 16.5. The van der Waals surface area contributed by atoms with Gasteiger partial charge in [0.25, 0.3) is 0 Å². The summed E-state index contributed by atoms with van der Waals surface area (Å²) in [6.07, 6.45) is 2.75. The Hall–Kier alpha value is -2.66. The zero-order valence-electron chi connectivity index (χ0n) is 20.5. The summed E-state index contributed by atoms with van der Waals surface area (Å²) >= 11 is 0. The van der Waals surface area contributed by atoms with E-state index in [1.807, 2.05) is 88.4 Å². The van der Waals surface area contributed by atoms with E-state index >= 15 is 0 Å². The van der Waals surface area contributed by atoms with Gasteiger partial charge < -0.3 is 14.2 Å². The first-order valence-electron chi connectivity index (χ1n) is 11.9. The molecular weight excluding hydrogens is 416 g/mol. The van der Waals surface area contributed by atoms with Gasteiger partial charge in [-0.2, -0.15) is 0 Å². The highest BCUT2D eigenvalue weighted by Gasteiger charge is 2.37. The van der Waals surface area contributed by atoms with Gasteiger partial charge in [-0.15, -0.1) is 0 Å². The van der Waals surface area contributed by atoms with Crippen molar-refractivity contribution in [1.82, 2.24) is 0 Å². The molecule has 5 heteroatoms. The van der Waals surface area contributed by atoms with Gasteiger partial charge in [-0.05, 0) is 64.5 Å². The van der Waals surface area contributed by atoms with Crippen LogP contribution in [0.5, 0.6) is 0 Å². The fourth-order valence-electron chi connectivity index (χ4n) is 4.08. The molecule has 0 saturated heterocycles. The molecule has 0 aliphatic heterocycles. The molecule has 2 rings (SSSR count). The zero-order chi connectivity index (χ0) is 24.2. The lowest BCUT2D eigenvalue weighted by Crippen LogP contribution is -2.35. The van der Waals surface area contributed by atoms with Crippen LogP contribution < -0.4 is 0 Å². The van der Waals surface area contributed by atoms with Crippen LogP contribution in [0.2, 0.25) is 0 Å². The quantitative estimate of drug-likeness (QED) is 0.274. The molecule has 0 saturated carbocycles. The third kappa shape index (κ3) is 7.16. The Morgan fingerprint density at radius 3 is 1.36 bits per heavy atom. The fourth-order valence-corrected chi connectivity index (χ4v) is 4.08. The van der Waals surface area contributed by atoms with Gasteiger partial charge in [0.05, 0.1) is 24.0 Å². The van der Waals surface area contributed by atoms with E-state index in [4.69, 9.17) is 14.2 Å². The smallest absolute Gasteiger partial charge is 0.316 e. The summed E-state index contributed by atoms with van der Waals surface area (Å²) in [4.78, 5) is 25.4. The predicted octanol–water partition coefficient (Wildman–Crippen LogP) is 5.61. The van der Waals surface area contributed by atoms with E-state index in [0.29, 0.717) is 39.3 Å². The SMILES string of the molecule is CCOC(=O)C(C)(CCCOCCCC(C)(C(=O)OCC)c1ccccc1)c1ccccc1. The third-order valence-corrected chi connectivity index (χ3v) is 6.20. The number of carbonyl (C=O) groups excluding carboxylic acids is 2. The van der Waals surface area contributed by atoms with E-state index in [-0.39, 0.29) is 11.9 Å². The van der Waals surface area contributed by atoms with Crippen molar-refractivity contribution >= 4 is 11.9 Å². The molecule has 0 amide bonds. The number of hydrogen-bond acceptors (Lipinski definition) is 5. The van der Waals surface area contributed by atoms with Gasteiger partial charge in [-0.3, -0.25) is 9.59 Å². The van der Waals surface area contributed by atoms with E-state index in [0.717, 1.165) is 24.0 Å². The Balaban J connectivity index is 1.87. The molecule has 33 heavy (non-hydrogen) atoms. The topological polar surface area (TPSA) is 61.8 Å². The monoisotopic (exact) mass is 454 g/mol. The lowest BCUT2D eigenvalue weighted by atomic mass is 9.78. The molecule has 0 bridgehead atoms. The largest absolute Gasteiger partial charge is 0.465 e. The summed E-state index contributed by atoms with van der Waals surface area (Å²) < 4.78 is 16.6. The van der Waals surface area contributed by atoms with Gasteiger partial charge in [0.15, 0.2) is 0 Å². The van der Waals surface area contributed by atoms with Crippen LogP contribution in [0, 0.1) is 0 Å². The zero-order valence-corrected chi connectivity index (χ0v) is 20.5. The molecule has 0 heterocycles.